The summed E-state index contributed by atoms with van der Waals surface area (Å²) in [4.78, 5) is 17.1. The van der Waals surface area contributed by atoms with Gasteiger partial charge in [-0.2, -0.15) is 0 Å². The van der Waals surface area contributed by atoms with Crippen molar-refractivity contribution in [2.24, 2.45) is 0 Å². The molecule has 0 aliphatic carbocycles. The van der Waals surface area contributed by atoms with Gasteiger partial charge in [0, 0.05) is 39.3 Å². The van der Waals surface area contributed by atoms with E-state index in [4.69, 9.17) is 4.74 Å². The predicted molar refractivity (Wildman–Crippen MR) is 131 cm³/mol. The molecule has 0 spiro atoms. The first-order chi connectivity index (χ1) is 16.3. The number of rotatable bonds is 9. The molecule has 7 heteroatoms. The topological polar surface area (TPSA) is 65.0 Å². The largest absolute Gasteiger partial charge is 0.491 e. The lowest BCUT2D eigenvalue weighted by atomic mass is 10.00. The number of β-amino-alcohol motifs (C(OH)–C–C–N with tert-alkyl or cyclic N) is 1. The average molecular weight is 470 g/mol. The Morgan fingerprint density at radius 3 is 2.76 bits per heavy atom. The maximum atomic E-state index is 14.1. The van der Waals surface area contributed by atoms with E-state index in [1.807, 2.05) is 19.1 Å². The van der Waals surface area contributed by atoms with Crippen LogP contribution in [0.1, 0.15) is 47.3 Å². The Kier molecular flexibility index (Phi) is 7.86. The van der Waals surface area contributed by atoms with Crippen LogP contribution in [0.15, 0.2) is 42.5 Å². The van der Waals surface area contributed by atoms with Gasteiger partial charge in [-0.15, -0.1) is 0 Å². The van der Waals surface area contributed by atoms with Crippen molar-refractivity contribution in [3.05, 3.63) is 64.7 Å². The Labute approximate surface area is 201 Å². The molecule has 0 aromatic heterocycles. The Morgan fingerprint density at radius 2 is 1.97 bits per heavy atom. The lowest BCUT2D eigenvalue weighted by Gasteiger charge is -2.32. The second kappa shape index (κ2) is 10.8. The number of alkyl halides is 1. The van der Waals surface area contributed by atoms with E-state index in [9.17, 15) is 14.3 Å². The number of carbonyl (C=O) groups is 1. The number of hydrogen-bond donors (Lipinski definition) is 2. The predicted octanol–water partition coefficient (Wildman–Crippen LogP) is 3.17. The maximum absolute atomic E-state index is 14.1. The molecule has 2 aliphatic rings. The molecule has 0 bridgehead atoms. The molecule has 2 heterocycles. The Balaban J connectivity index is 1.33. The number of amides is 1. The van der Waals surface area contributed by atoms with Gasteiger partial charge in [-0.05, 0) is 48.6 Å². The molecule has 2 aromatic carbocycles. The lowest BCUT2D eigenvalue weighted by Crippen LogP contribution is -2.44. The molecule has 34 heavy (non-hydrogen) atoms. The second-order valence-electron chi connectivity index (χ2n) is 9.71. The van der Waals surface area contributed by atoms with E-state index >= 15 is 0 Å². The molecule has 0 saturated heterocycles. The Hall–Kier alpha value is -2.48. The number of benzene rings is 2. The minimum absolute atomic E-state index is 0.127. The first kappa shape index (κ1) is 24.6. The number of carbonyl (C=O) groups excluding carboxylic acids is 1. The van der Waals surface area contributed by atoms with Crippen LogP contribution in [0.3, 0.4) is 0 Å². The molecule has 4 rings (SSSR count). The summed E-state index contributed by atoms with van der Waals surface area (Å²) >= 11 is 0. The normalized spacial score (nSPS) is 18.9. The Morgan fingerprint density at radius 1 is 1.18 bits per heavy atom. The number of hydrogen-bond acceptors (Lipinski definition) is 5. The molecule has 2 aromatic rings. The van der Waals surface area contributed by atoms with Crippen LogP contribution in [-0.2, 0) is 19.5 Å². The molecule has 2 unspecified atom stereocenters. The highest BCUT2D eigenvalue weighted by atomic mass is 19.1. The molecule has 2 aliphatic heterocycles. The van der Waals surface area contributed by atoms with Gasteiger partial charge in [0.15, 0.2) is 0 Å². The third-order valence-corrected chi connectivity index (χ3v) is 6.85. The zero-order valence-corrected chi connectivity index (χ0v) is 20.2. The molecule has 6 nitrogen and oxygen atoms in total. The summed E-state index contributed by atoms with van der Waals surface area (Å²) in [5, 5.41) is 13.9. The molecule has 0 radical (unpaired) electrons. The molecular formula is C27H36FN3O3. The van der Waals surface area contributed by atoms with Gasteiger partial charge in [0.1, 0.15) is 18.0 Å². The summed E-state index contributed by atoms with van der Waals surface area (Å²) in [6.45, 7) is 7.53. The highest BCUT2D eigenvalue weighted by molar-refractivity contribution is 5.97. The lowest BCUT2D eigenvalue weighted by molar-refractivity contribution is 0.0501. The second-order valence-corrected chi connectivity index (χ2v) is 9.71. The minimum Gasteiger partial charge on any atom is -0.491 e. The van der Waals surface area contributed by atoms with E-state index in [-0.39, 0.29) is 19.0 Å². The van der Waals surface area contributed by atoms with E-state index in [1.165, 1.54) is 11.1 Å². The van der Waals surface area contributed by atoms with Crippen LogP contribution in [-0.4, -0.2) is 71.9 Å². The van der Waals surface area contributed by atoms with E-state index in [0.717, 1.165) is 25.1 Å². The minimum atomic E-state index is -1.24. The smallest absolute Gasteiger partial charge is 0.257 e. The quantitative estimate of drug-likeness (QED) is 0.591. The average Bonchev–Trinajstić information content (AvgIpc) is 2.97. The molecule has 0 saturated carbocycles. The van der Waals surface area contributed by atoms with Gasteiger partial charge in [-0.1, -0.05) is 37.3 Å². The van der Waals surface area contributed by atoms with Crippen LogP contribution in [0.2, 0.25) is 0 Å². The third kappa shape index (κ3) is 6.14. The zero-order valence-electron chi connectivity index (χ0n) is 20.2. The summed E-state index contributed by atoms with van der Waals surface area (Å²) in [5.41, 5.74) is 2.90. The first-order valence-corrected chi connectivity index (χ1v) is 12.3. The number of aliphatic hydroxyl groups excluding tert-OH is 1. The van der Waals surface area contributed by atoms with Crippen LogP contribution in [0.25, 0.3) is 0 Å². The van der Waals surface area contributed by atoms with Crippen molar-refractivity contribution in [3.63, 3.8) is 0 Å². The summed E-state index contributed by atoms with van der Waals surface area (Å²) in [6, 6.07) is 13.9. The SMILES string of the molecule is CCC(C)(F)CNCc1ccc2c(c1)OCCN(CC(O)CN1CCc3ccccc3C1)C2=O. The third-order valence-electron chi connectivity index (χ3n) is 6.85. The maximum Gasteiger partial charge on any atom is 0.257 e. The molecule has 2 atom stereocenters. The molecule has 184 valence electrons. The zero-order chi connectivity index (χ0) is 24.1. The van der Waals surface area contributed by atoms with Crippen molar-refractivity contribution in [1.82, 2.24) is 15.1 Å². The van der Waals surface area contributed by atoms with Crippen molar-refractivity contribution in [3.8, 4) is 5.75 Å². The van der Waals surface area contributed by atoms with Gasteiger partial charge < -0.3 is 20.1 Å². The number of nitrogens with one attached hydrogen (secondary N) is 1. The highest BCUT2D eigenvalue weighted by Gasteiger charge is 2.27. The number of aliphatic hydroxyl groups is 1. The van der Waals surface area contributed by atoms with Gasteiger partial charge in [0.2, 0.25) is 0 Å². The van der Waals surface area contributed by atoms with Gasteiger partial charge in [0.25, 0.3) is 5.91 Å². The van der Waals surface area contributed by atoms with Crippen molar-refractivity contribution in [1.29, 1.82) is 0 Å². The molecular weight excluding hydrogens is 433 g/mol. The number of halogens is 1. The standard InChI is InChI=1S/C27H36FN3O3/c1-3-27(2,28)19-29-15-20-8-9-24-25(14-20)34-13-12-31(26(24)33)18-23(32)17-30-11-10-21-6-4-5-7-22(21)16-30/h4-9,14,23,29,32H,3,10-13,15-19H2,1-2H3. The van der Waals surface area contributed by atoms with Gasteiger partial charge in [0.05, 0.1) is 18.2 Å². The fourth-order valence-electron chi connectivity index (χ4n) is 4.60. The first-order valence-electron chi connectivity index (χ1n) is 12.3. The van der Waals surface area contributed by atoms with Crippen molar-refractivity contribution >= 4 is 5.91 Å². The van der Waals surface area contributed by atoms with E-state index in [1.54, 1.807) is 17.9 Å². The van der Waals surface area contributed by atoms with Crippen molar-refractivity contribution in [2.45, 2.75) is 51.6 Å². The molecule has 0 fully saturated rings. The monoisotopic (exact) mass is 469 g/mol. The van der Waals surface area contributed by atoms with Crippen molar-refractivity contribution in [2.75, 3.05) is 39.3 Å². The highest BCUT2D eigenvalue weighted by Crippen LogP contribution is 2.25. The Bertz CT molecular complexity index is 997. The number of fused-ring (bicyclic) bond motifs is 2. The van der Waals surface area contributed by atoms with Crippen LogP contribution >= 0.6 is 0 Å². The van der Waals surface area contributed by atoms with Crippen LogP contribution in [0, 0.1) is 0 Å². The van der Waals surface area contributed by atoms with Crippen molar-refractivity contribution < 1.29 is 19.0 Å². The van der Waals surface area contributed by atoms with E-state index < -0.39 is 11.8 Å². The summed E-state index contributed by atoms with van der Waals surface area (Å²) in [6.07, 6.45) is 0.800. The molecule has 1 amide bonds. The van der Waals surface area contributed by atoms with Gasteiger partial charge in [-0.3, -0.25) is 9.69 Å². The fraction of sp³-hybridized carbons (Fsp3) is 0.519. The van der Waals surface area contributed by atoms with Gasteiger partial charge in [-0.25, -0.2) is 4.39 Å². The number of nitrogens with zero attached hydrogens (tertiary/aromatic N) is 2. The summed E-state index contributed by atoms with van der Waals surface area (Å²) in [7, 11) is 0. The van der Waals surface area contributed by atoms with Crippen LogP contribution in [0.4, 0.5) is 4.39 Å². The number of ether oxygens (including phenoxy) is 1. The van der Waals surface area contributed by atoms with Gasteiger partial charge >= 0.3 is 0 Å². The van der Waals surface area contributed by atoms with Crippen LogP contribution < -0.4 is 10.1 Å². The summed E-state index contributed by atoms with van der Waals surface area (Å²) < 4.78 is 20.0. The molecule has 2 N–H and O–H groups in total. The summed E-state index contributed by atoms with van der Waals surface area (Å²) in [5.74, 6) is 0.421. The fourth-order valence-corrected chi connectivity index (χ4v) is 4.60. The van der Waals surface area contributed by atoms with E-state index in [0.29, 0.717) is 44.0 Å². The van der Waals surface area contributed by atoms with E-state index in [2.05, 4.69) is 34.5 Å². The van der Waals surface area contributed by atoms with Crippen LogP contribution in [0.5, 0.6) is 5.75 Å².